The van der Waals surface area contributed by atoms with Gasteiger partial charge in [-0.3, -0.25) is 14.7 Å². The van der Waals surface area contributed by atoms with E-state index in [1.807, 2.05) is 31.2 Å². The van der Waals surface area contributed by atoms with Gasteiger partial charge in [0.2, 0.25) is 5.91 Å². The largest absolute Gasteiger partial charge is 0.364 e. The molecule has 1 saturated heterocycles. The first-order chi connectivity index (χ1) is 13.5. The van der Waals surface area contributed by atoms with E-state index in [1.165, 1.54) is 0 Å². The van der Waals surface area contributed by atoms with Crippen LogP contribution in [-0.2, 0) is 11.3 Å². The van der Waals surface area contributed by atoms with Crippen LogP contribution < -0.4 is 10.6 Å². The summed E-state index contributed by atoms with van der Waals surface area (Å²) >= 11 is 3.43. The first kappa shape index (κ1) is 23.6. The van der Waals surface area contributed by atoms with Crippen LogP contribution in [0.2, 0.25) is 0 Å². The lowest BCUT2D eigenvalue weighted by molar-refractivity contribution is -0.115. The van der Waals surface area contributed by atoms with Crippen LogP contribution in [0.3, 0.4) is 0 Å². The van der Waals surface area contributed by atoms with Crippen LogP contribution >= 0.6 is 39.9 Å². The van der Waals surface area contributed by atoms with Crippen molar-refractivity contribution < 1.29 is 9.32 Å². The second kappa shape index (κ2) is 11.5. The molecule has 0 saturated carbocycles. The van der Waals surface area contributed by atoms with Gasteiger partial charge in [0.1, 0.15) is 6.26 Å². The number of guanidine groups is 1. The van der Waals surface area contributed by atoms with Gasteiger partial charge in [0.25, 0.3) is 0 Å². The Labute approximate surface area is 196 Å². The van der Waals surface area contributed by atoms with E-state index >= 15 is 0 Å². The number of aliphatic imine (C=N–C) groups is 1. The van der Waals surface area contributed by atoms with Crippen LogP contribution in [0.5, 0.6) is 0 Å². The number of carbonyl (C=O) groups is 1. The van der Waals surface area contributed by atoms with Gasteiger partial charge in [-0.25, -0.2) is 0 Å². The van der Waals surface area contributed by atoms with Crippen molar-refractivity contribution in [3.8, 4) is 0 Å². The van der Waals surface area contributed by atoms with Crippen molar-refractivity contribution >= 4 is 57.5 Å². The van der Waals surface area contributed by atoms with Gasteiger partial charge in [0, 0.05) is 56.0 Å². The molecule has 1 aliphatic heterocycles. The van der Waals surface area contributed by atoms with Gasteiger partial charge in [0.15, 0.2) is 5.96 Å². The number of benzene rings is 1. The molecule has 2 N–H and O–H groups in total. The third-order valence-corrected chi connectivity index (χ3v) is 5.13. The zero-order valence-corrected chi connectivity index (χ0v) is 20.4. The van der Waals surface area contributed by atoms with E-state index in [0.29, 0.717) is 0 Å². The fraction of sp³-hybridized carbons (Fsp3) is 0.421. The van der Waals surface area contributed by atoms with Crippen molar-refractivity contribution in [3.63, 3.8) is 0 Å². The lowest BCUT2D eigenvalue weighted by Crippen LogP contribution is -2.53. The Balaban J connectivity index is 0.00000300. The highest BCUT2D eigenvalue weighted by atomic mass is 127. The van der Waals surface area contributed by atoms with E-state index in [2.05, 4.69) is 46.5 Å². The zero-order valence-electron chi connectivity index (χ0n) is 16.5. The third kappa shape index (κ3) is 6.96. The number of rotatable bonds is 5. The van der Waals surface area contributed by atoms with Crippen LogP contribution in [0.15, 0.2) is 44.5 Å². The lowest BCUT2D eigenvalue weighted by Gasteiger charge is -2.36. The summed E-state index contributed by atoms with van der Waals surface area (Å²) in [4.78, 5) is 21.1. The second-order valence-corrected chi connectivity index (χ2v) is 7.58. The van der Waals surface area contributed by atoms with Crippen molar-refractivity contribution in [1.29, 1.82) is 0 Å². The summed E-state index contributed by atoms with van der Waals surface area (Å²) in [6.45, 7) is 6.39. The molecule has 0 spiro atoms. The Hall–Kier alpha value is -1.66. The molecule has 8 nitrogen and oxygen atoms in total. The molecule has 0 radical (unpaired) electrons. The van der Waals surface area contributed by atoms with E-state index in [0.717, 1.165) is 60.1 Å². The number of piperazine rings is 1. The molecule has 0 aliphatic carbocycles. The Morgan fingerprint density at radius 2 is 2.03 bits per heavy atom. The van der Waals surface area contributed by atoms with Crippen molar-refractivity contribution in [2.24, 2.45) is 4.99 Å². The Kier molecular flexibility index (Phi) is 9.37. The minimum atomic E-state index is -0.105. The van der Waals surface area contributed by atoms with Crippen LogP contribution in [0, 0.1) is 6.92 Å². The molecule has 0 atom stereocenters. The topological polar surface area (TPSA) is 86.0 Å². The third-order valence-electron chi connectivity index (χ3n) is 4.64. The quantitative estimate of drug-likeness (QED) is 0.323. The second-order valence-electron chi connectivity index (χ2n) is 6.66. The molecular weight excluding hydrogens is 551 g/mol. The Morgan fingerprint density at radius 1 is 1.28 bits per heavy atom. The van der Waals surface area contributed by atoms with Crippen LogP contribution in [0.1, 0.15) is 11.3 Å². The van der Waals surface area contributed by atoms with Crippen molar-refractivity contribution in [1.82, 2.24) is 20.3 Å². The van der Waals surface area contributed by atoms with E-state index in [4.69, 9.17) is 4.52 Å². The lowest BCUT2D eigenvalue weighted by atomic mass is 10.2. The summed E-state index contributed by atoms with van der Waals surface area (Å²) in [6, 6.07) is 7.70. The average molecular weight is 577 g/mol. The molecule has 1 fully saturated rings. The molecule has 1 aromatic carbocycles. The summed E-state index contributed by atoms with van der Waals surface area (Å²) in [6.07, 6.45) is 1.60. The highest BCUT2D eigenvalue weighted by Crippen LogP contribution is 2.20. The van der Waals surface area contributed by atoms with E-state index in [-0.39, 0.29) is 36.4 Å². The van der Waals surface area contributed by atoms with E-state index < -0.39 is 0 Å². The molecule has 1 aromatic heterocycles. The molecular formula is C19H26BrIN6O2. The molecule has 1 aliphatic rings. The molecule has 3 rings (SSSR count). The maximum atomic E-state index is 12.3. The molecule has 2 heterocycles. The van der Waals surface area contributed by atoms with Crippen LogP contribution in [-0.4, -0.2) is 66.6 Å². The van der Waals surface area contributed by atoms with E-state index in [9.17, 15) is 4.79 Å². The highest BCUT2D eigenvalue weighted by Gasteiger charge is 2.20. The van der Waals surface area contributed by atoms with Gasteiger partial charge >= 0.3 is 0 Å². The summed E-state index contributed by atoms with van der Waals surface area (Å²) in [5.41, 5.74) is 2.76. The molecule has 0 unspecified atom stereocenters. The number of hydrogen-bond donors (Lipinski definition) is 2. The fourth-order valence-corrected chi connectivity index (χ4v) is 3.44. The van der Waals surface area contributed by atoms with Gasteiger partial charge in [0.05, 0.1) is 12.2 Å². The molecule has 1 amide bonds. The first-order valence-corrected chi connectivity index (χ1v) is 9.97. The van der Waals surface area contributed by atoms with Gasteiger partial charge in [-0.1, -0.05) is 27.2 Å². The summed E-state index contributed by atoms with van der Waals surface area (Å²) in [7, 11) is 1.74. The van der Waals surface area contributed by atoms with Crippen molar-refractivity contribution in [2.45, 2.75) is 13.5 Å². The summed E-state index contributed by atoms with van der Waals surface area (Å²) < 4.78 is 5.82. The van der Waals surface area contributed by atoms with Gasteiger partial charge in [-0.05, 0) is 24.6 Å². The maximum Gasteiger partial charge on any atom is 0.243 e. The van der Waals surface area contributed by atoms with Crippen LogP contribution in [0.25, 0.3) is 0 Å². The number of nitrogens with one attached hydrogen (secondary N) is 2. The van der Waals surface area contributed by atoms with Crippen LogP contribution in [0.4, 0.5) is 5.69 Å². The molecule has 2 aromatic rings. The first-order valence-electron chi connectivity index (χ1n) is 9.18. The molecule has 10 heteroatoms. The predicted molar refractivity (Wildman–Crippen MR) is 128 cm³/mol. The monoisotopic (exact) mass is 576 g/mol. The number of halogens is 2. The van der Waals surface area contributed by atoms with Crippen molar-refractivity contribution in [3.05, 3.63) is 46.3 Å². The maximum absolute atomic E-state index is 12.3. The minimum Gasteiger partial charge on any atom is -0.364 e. The highest BCUT2D eigenvalue weighted by molar-refractivity contribution is 14.0. The van der Waals surface area contributed by atoms with Gasteiger partial charge in [-0.2, -0.15) is 0 Å². The number of carbonyl (C=O) groups excluding carboxylic acids is 1. The zero-order chi connectivity index (χ0) is 19.9. The number of aromatic nitrogens is 1. The number of aryl methyl sites for hydroxylation is 1. The Bertz CT molecular complexity index is 822. The average Bonchev–Trinajstić information content (AvgIpc) is 3.19. The minimum absolute atomic E-state index is 0. The molecule has 0 bridgehead atoms. The van der Waals surface area contributed by atoms with Gasteiger partial charge in [-0.15, -0.1) is 24.0 Å². The predicted octanol–water partition coefficient (Wildman–Crippen LogP) is 2.70. The Morgan fingerprint density at radius 3 is 2.69 bits per heavy atom. The number of anilines is 1. The normalized spacial score (nSPS) is 15.0. The summed E-state index contributed by atoms with van der Waals surface area (Å²) in [5.74, 6) is 0.634. The number of nitrogens with zero attached hydrogens (tertiary/aromatic N) is 4. The number of hydrogen-bond acceptors (Lipinski definition) is 5. The smallest absolute Gasteiger partial charge is 0.243 e. The standard InChI is InChI=1S/C19H25BrN6O2.HI/c1-14-3-4-15(20)11-17(14)23-18(27)12-22-19(21-2)26-8-6-25(7-9-26)13-16-5-10-28-24-16;/h3-5,10-11H,6-9,12-13H2,1-2H3,(H,21,22)(H,23,27);1H. The van der Waals surface area contributed by atoms with Gasteiger partial charge < -0.3 is 20.1 Å². The fourth-order valence-electron chi connectivity index (χ4n) is 3.08. The number of amides is 1. The molecule has 158 valence electrons. The van der Waals surface area contributed by atoms with Crippen molar-refractivity contribution in [2.75, 3.05) is 45.1 Å². The SMILES string of the molecule is CN=C(NCC(=O)Nc1cc(Br)ccc1C)N1CCN(Cc2ccon2)CC1.I. The molecule has 29 heavy (non-hydrogen) atoms. The summed E-state index contributed by atoms with van der Waals surface area (Å²) in [5, 5.41) is 10.1. The van der Waals surface area contributed by atoms with E-state index in [1.54, 1.807) is 13.3 Å².